The Labute approximate surface area is 193 Å². The molecule has 1 aliphatic rings. The van der Waals surface area contributed by atoms with Gasteiger partial charge in [0.1, 0.15) is 23.1 Å². The summed E-state index contributed by atoms with van der Waals surface area (Å²) in [4.78, 5) is 28.1. The minimum atomic E-state index is -0.841. The van der Waals surface area contributed by atoms with Crippen molar-refractivity contribution in [1.29, 1.82) is 0 Å². The number of anilines is 1. The van der Waals surface area contributed by atoms with Crippen LogP contribution in [0.15, 0.2) is 47.5 Å². The molecule has 1 fully saturated rings. The number of halogens is 2. The van der Waals surface area contributed by atoms with Crippen LogP contribution in [0.4, 0.5) is 14.6 Å². The molecule has 1 atom stereocenters. The molecule has 2 N–H and O–H groups in total. The van der Waals surface area contributed by atoms with Crippen LogP contribution in [0.25, 0.3) is 28.0 Å². The number of hydrogen-bond donors (Lipinski definition) is 2. The van der Waals surface area contributed by atoms with Crippen LogP contribution in [0.1, 0.15) is 12.5 Å². The van der Waals surface area contributed by atoms with Gasteiger partial charge in [-0.3, -0.25) is 4.98 Å². The fraction of sp³-hybridized carbons (Fsp3) is 0.250. The Balaban J connectivity index is 1.88. The highest BCUT2D eigenvalue weighted by Gasteiger charge is 2.27. The van der Waals surface area contributed by atoms with Gasteiger partial charge in [0.05, 0.1) is 22.8 Å². The van der Waals surface area contributed by atoms with Gasteiger partial charge in [-0.2, -0.15) is 4.98 Å². The number of rotatable bonds is 3. The van der Waals surface area contributed by atoms with Gasteiger partial charge in [0.2, 0.25) is 0 Å². The third kappa shape index (κ3) is 3.56. The van der Waals surface area contributed by atoms with Crippen molar-refractivity contribution in [3.63, 3.8) is 0 Å². The number of pyridine rings is 2. The van der Waals surface area contributed by atoms with Crippen LogP contribution in [0.2, 0.25) is 0 Å². The van der Waals surface area contributed by atoms with Crippen molar-refractivity contribution in [3.8, 4) is 22.7 Å². The number of fused-ring (bicyclic) bond motifs is 1. The van der Waals surface area contributed by atoms with E-state index in [2.05, 4.69) is 20.3 Å². The Morgan fingerprint density at radius 1 is 1.18 bits per heavy atom. The average molecular weight is 464 g/mol. The Bertz CT molecular complexity index is 1450. The maximum atomic E-state index is 15.4. The Kier molecular flexibility index (Phi) is 5.45. The highest BCUT2D eigenvalue weighted by Crippen LogP contribution is 2.35. The van der Waals surface area contributed by atoms with E-state index in [4.69, 9.17) is 0 Å². The third-order valence-corrected chi connectivity index (χ3v) is 6.06. The maximum Gasteiger partial charge on any atom is 0.355 e. The predicted octanol–water partition coefficient (Wildman–Crippen LogP) is 2.93. The lowest BCUT2D eigenvalue weighted by Gasteiger charge is -2.35. The summed E-state index contributed by atoms with van der Waals surface area (Å²) in [5.74, 6) is -1.82. The lowest BCUT2D eigenvalue weighted by atomic mass is 10.1. The summed E-state index contributed by atoms with van der Waals surface area (Å²) in [6, 6.07) is 6.60. The lowest BCUT2D eigenvalue weighted by molar-refractivity contribution is 0.470. The highest BCUT2D eigenvalue weighted by atomic mass is 19.1. The number of aromatic hydroxyl groups is 1. The van der Waals surface area contributed by atoms with Gasteiger partial charge in [0.15, 0.2) is 11.5 Å². The fourth-order valence-electron chi connectivity index (χ4n) is 4.31. The maximum absolute atomic E-state index is 15.4. The summed E-state index contributed by atoms with van der Waals surface area (Å²) < 4.78 is 31.3. The molecule has 0 radical (unpaired) electrons. The molecule has 1 aromatic carbocycles. The first kappa shape index (κ1) is 21.9. The number of phenols is 1. The van der Waals surface area contributed by atoms with Crippen LogP contribution >= 0.6 is 0 Å². The van der Waals surface area contributed by atoms with E-state index in [-0.39, 0.29) is 17.3 Å². The second kappa shape index (κ2) is 8.45. The van der Waals surface area contributed by atoms with Crippen molar-refractivity contribution < 1.29 is 13.9 Å². The lowest BCUT2D eigenvalue weighted by Crippen LogP contribution is -2.50. The van der Waals surface area contributed by atoms with Crippen molar-refractivity contribution >= 4 is 16.9 Å². The molecule has 0 spiro atoms. The van der Waals surface area contributed by atoms with Crippen LogP contribution in [0.3, 0.4) is 0 Å². The van der Waals surface area contributed by atoms with E-state index in [9.17, 15) is 14.3 Å². The molecule has 0 bridgehead atoms. The molecular weight excluding hydrogens is 442 g/mol. The Morgan fingerprint density at radius 3 is 2.74 bits per heavy atom. The molecule has 0 amide bonds. The van der Waals surface area contributed by atoms with Crippen molar-refractivity contribution in [1.82, 2.24) is 24.8 Å². The first-order valence-corrected chi connectivity index (χ1v) is 10.9. The van der Waals surface area contributed by atoms with E-state index < -0.39 is 28.8 Å². The normalized spacial score (nSPS) is 16.2. The second-order valence-electron chi connectivity index (χ2n) is 8.29. The number of benzene rings is 1. The fourth-order valence-corrected chi connectivity index (χ4v) is 4.31. The molecule has 1 saturated heterocycles. The Hall–Kier alpha value is -3.92. The van der Waals surface area contributed by atoms with Crippen molar-refractivity contribution in [2.45, 2.75) is 19.9 Å². The molecule has 0 aliphatic carbocycles. The molecular formula is C24H22F2N6O2. The second-order valence-corrected chi connectivity index (χ2v) is 8.29. The number of nitrogens with one attached hydrogen (secondary N) is 1. The van der Waals surface area contributed by atoms with Crippen LogP contribution < -0.4 is 15.9 Å². The standard InChI is InChI=1S/C24H22F2N6O2/c1-13-6-7-27-12-18(13)32-23-15(22(30-24(32)34)31-9-8-28-11-14(31)2)10-17(26)21(29-23)20-16(25)4-3-5-19(20)33/h3-7,10,12,14,28,33H,8-9,11H2,1-2H3. The van der Waals surface area contributed by atoms with Gasteiger partial charge >= 0.3 is 5.69 Å². The van der Waals surface area contributed by atoms with Gasteiger partial charge in [-0.05, 0) is 43.7 Å². The van der Waals surface area contributed by atoms with Gasteiger partial charge in [-0.15, -0.1) is 0 Å². The van der Waals surface area contributed by atoms with E-state index in [1.54, 1.807) is 19.2 Å². The average Bonchev–Trinajstić information content (AvgIpc) is 2.80. The summed E-state index contributed by atoms with van der Waals surface area (Å²) in [7, 11) is 0. The summed E-state index contributed by atoms with van der Waals surface area (Å²) in [6.07, 6.45) is 3.09. The monoisotopic (exact) mass is 464 g/mol. The van der Waals surface area contributed by atoms with Crippen molar-refractivity contribution in [3.05, 3.63) is 70.4 Å². The number of aromatic nitrogens is 4. The molecule has 4 aromatic rings. The zero-order valence-electron chi connectivity index (χ0n) is 18.6. The SMILES string of the molecule is Cc1ccncc1-n1c(=O)nc(N2CCNCC2C)c2cc(F)c(-c3c(O)cccc3F)nc21. The first-order chi connectivity index (χ1) is 16.4. The zero-order chi connectivity index (χ0) is 24.0. The number of hydrogen-bond acceptors (Lipinski definition) is 7. The van der Waals surface area contributed by atoms with Gasteiger partial charge in [0, 0.05) is 31.9 Å². The summed E-state index contributed by atoms with van der Waals surface area (Å²) in [6.45, 7) is 5.69. The topological polar surface area (TPSA) is 96.2 Å². The van der Waals surface area contributed by atoms with Gasteiger partial charge in [0.25, 0.3) is 0 Å². The van der Waals surface area contributed by atoms with E-state index in [0.717, 1.165) is 11.6 Å². The van der Waals surface area contributed by atoms with Crippen LogP contribution in [-0.4, -0.2) is 50.3 Å². The van der Waals surface area contributed by atoms with Crippen molar-refractivity contribution in [2.24, 2.45) is 0 Å². The van der Waals surface area contributed by atoms with E-state index in [1.807, 2.05) is 11.8 Å². The zero-order valence-corrected chi connectivity index (χ0v) is 18.6. The number of nitrogens with zero attached hydrogens (tertiary/aromatic N) is 5. The number of phenolic OH excluding ortho intramolecular Hbond substituents is 1. The molecule has 5 rings (SSSR count). The molecule has 174 valence electrons. The van der Waals surface area contributed by atoms with Crippen LogP contribution in [-0.2, 0) is 0 Å². The highest BCUT2D eigenvalue weighted by molar-refractivity contribution is 5.90. The smallest absolute Gasteiger partial charge is 0.355 e. The minimum Gasteiger partial charge on any atom is -0.507 e. The summed E-state index contributed by atoms with van der Waals surface area (Å²) in [5, 5.41) is 13.8. The predicted molar refractivity (Wildman–Crippen MR) is 124 cm³/mol. The molecule has 1 aliphatic heterocycles. The molecule has 0 saturated carbocycles. The molecule has 8 nitrogen and oxygen atoms in total. The molecule has 4 heterocycles. The van der Waals surface area contributed by atoms with Gasteiger partial charge < -0.3 is 15.3 Å². The van der Waals surface area contributed by atoms with Gasteiger partial charge in [-0.25, -0.2) is 23.1 Å². The molecule has 3 aromatic heterocycles. The summed E-state index contributed by atoms with van der Waals surface area (Å²) >= 11 is 0. The van der Waals surface area contributed by atoms with Crippen LogP contribution in [0, 0.1) is 18.6 Å². The Morgan fingerprint density at radius 2 is 2.00 bits per heavy atom. The van der Waals surface area contributed by atoms with E-state index in [1.165, 1.54) is 29.0 Å². The largest absolute Gasteiger partial charge is 0.507 e. The van der Waals surface area contributed by atoms with Gasteiger partial charge in [-0.1, -0.05) is 6.07 Å². The molecule has 10 heteroatoms. The molecule has 1 unspecified atom stereocenters. The van der Waals surface area contributed by atoms with Crippen molar-refractivity contribution in [2.75, 3.05) is 24.5 Å². The molecule has 34 heavy (non-hydrogen) atoms. The summed E-state index contributed by atoms with van der Waals surface area (Å²) in [5.41, 5.74) is -0.151. The van der Waals surface area contributed by atoms with E-state index >= 15 is 4.39 Å². The van der Waals surface area contributed by atoms with E-state index in [0.29, 0.717) is 36.5 Å². The third-order valence-electron chi connectivity index (χ3n) is 6.06. The minimum absolute atomic E-state index is 0.00169. The quantitative estimate of drug-likeness (QED) is 0.481. The van der Waals surface area contributed by atoms with Crippen LogP contribution in [0.5, 0.6) is 5.75 Å². The first-order valence-electron chi connectivity index (χ1n) is 10.9. The number of piperazine rings is 1. The number of aryl methyl sites for hydroxylation is 1.